The van der Waals surface area contributed by atoms with E-state index in [1.807, 2.05) is 29.2 Å². The van der Waals surface area contributed by atoms with Gasteiger partial charge < -0.3 is 4.90 Å². The molecular weight excluding hydrogens is 364 g/mol. The molecule has 2 aliphatic heterocycles. The van der Waals surface area contributed by atoms with Crippen LogP contribution >= 0.6 is 0 Å². The summed E-state index contributed by atoms with van der Waals surface area (Å²) >= 11 is 0. The van der Waals surface area contributed by atoms with Gasteiger partial charge in [-0.1, -0.05) is 24.3 Å². The third-order valence-corrected chi connectivity index (χ3v) is 7.50. The van der Waals surface area contributed by atoms with Crippen LogP contribution in [0.3, 0.4) is 0 Å². The summed E-state index contributed by atoms with van der Waals surface area (Å²) in [5.41, 5.74) is 1.55. The molecule has 6 unspecified atom stereocenters. The summed E-state index contributed by atoms with van der Waals surface area (Å²) < 4.78 is 0. The molecule has 1 aromatic rings. The van der Waals surface area contributed by atoms with Crippen molar-refractivity contribution in [3.05, 3.63) is 42.0 Å². The Balaban J connectivity index is 1.30. The van der Waals surface area contributed by atoms with Gasteiger partial charge in [-0.15, -0.1) is 0 Å². The van der Waals surface area contributed by atoms with Gasteiger partial charge in [0.15, 0.2) is 0 Å². The Labute approximate surface area is 171 Å². The lowest BCUT2D eigenvalue weighted by molar-refractivity contribution is -0.136. The average molecular weight is 392 g/mol. The first kappa shape index (κ1) is 18.6. The predicted molar refractivity (Wildman–Crippen MR) is 110 cm³/mol. The van der Waals surface area contributed by atoms with E-state index in [0.717, 1.165) is 24.8 Å². The number of allylic oxidation sites excluding steroid dienone is 2. The number of likely N-dealkylation sites (tertiary alicyclic amines) is 1. The van der Waals surface area contributed by atoms with Crippen molar-refractivity contribution in [2.24, 2.45) is 23.7 Å². The first-order valence-corrected chi connectivity index (χ1v) is 10.9. The second-order valence-corrected chi connectivity index (χ2v) is 9.28. The van der Waals surface area contributed by atoms with E-state index in [-0.39, 0.29) is 53.5 Å². The van der Waals surface area contributed by atoms with E-state index in [1.165, 1.54) is 11.3 Å². The van der Waals surface area contributed by atoms with Crippen molar-refractivity contribution in [1.29, 1.82) is 0 Å². The van der Waals surface area contributed by atoms with Crippen molar-refractivity contribution in [3.63, 3.8) is 0 Å². The van der Waals surface area contributed by atoms with Gasteiger partial charge in [0, 0.05) is 12.1 Å². The molecule has 29 heavy (non-hydrogen) atoms. The highest BCUT2D eigenvalue weighted by atomic mass is 16.2. The van der Waals surface area contributed by atoms with Gasteiger partial charge >= 0.3 is 0 Å². The SMILES string of the molecule is CC1CCCC(C)N1C(=O)Cc1ccc(N2C(=O)C3C4C=CC(C4)C3C2=O)cc1. The van der Waals surface area contributed by atoms with Crippen molar-refractivity contribution < 1.29 is 14.4 Å². The standard InChI is InChI=1S/C24H28N2O3/c1-14-4-3-5-15(2)25(14)20(27)12-16-6-10-19(11-7-16)26-23(28)21-17-8-9-18(13-17)22(21)24(26)29/h6-11,14-15,17-18,21-22H,3-5,12-13H2,1-2H3. The Kier molecular flexibility index (Phi) is 4.37. The van der Waals surface area contributed by atoms with E-state index in [4.69, 9.17) is 0 Å². The zero-order valence-electron chi connectivity index (χ0n) is 17.1. The molecule has 0 radical (unpaired) electrons. The highest BCUT2D eigenvalue weighted by Gasteiger charge is 2.59. The zero-order chi connectivity index (χ0) is 20.3. The van der Waals surface area contributed by atoms with Crippen LogP contribution in [0.25, 0.3) is 0 Å². The molecule has 0 spiro atoms. The fourth-order valence-corrected chi connectivity index (χ4v) is 6.10. The largest absolute Gasteiger partial charge is 0.337 e. The smallest absolute Gasteiger partial charge is 0.238 e. The Bertz CT molecular complexity index is 850. The lowest BCUT2D eigenvalue weighted by Crippen LogP contribution is -2.48. The van der Waals surface area contributed by atoms with Crippen LogP contribution in [0.15, 0.2) is 36.4 Å². The summed E-state index contributed by atoms with van der Waals surface area (Å²) in [6, 6.07) is 7.97. The van der Waals surface area contributed by atoms with Gasteiger partial charge in [0.2, 0.25) is 17.7 Å². The molecule has 2 heterocycles. The lowest BCUT2D eigenvalue weighted by Gasteiger charge is -2.39. The number of nitrogens with zero attached hydrogens (tertiary/aromatic N) is 2. The number of imide groups is 1. The van der Waals surface area contributed by atoms with Gasteiger partial charge in [0.1, 0.15) is 0 Å². The van der Waals surface area contributed by atoms with E-state index in [0.29, 0.717) is 12.1 Å². The molecule has 0 N–H and O–H groups in total. The molecule has 2 saturated heterocycles. The number of fused-ring (bicyclic) bond motifs is 5. The number of carbonyl (C=O) groups excluding carboxylic acids is 3. The van der Waals surface area contributed by atoms with Gasteiger partial charge in [-0.05, 0) is 69.1 Å². The van der Waals surface area contributed by atoms with Gasteiger partial charge in [0.05, 0.1) is 23.9 Å². The van der Waals surface area contributed by atoms with Crippen LogP contribution in [0.2, 0.25) is 0 Å². The van der Waals surface area contributed by atoms with Crippen LogP contribution < -0.4 is 4.90 Å². The molecule has 0 aromatic heterocycles. The molecule has 5 nitrogen and oxygen atoms in total. The van der Waals surface area contributed by atoms with Crippen molar-refractivity contribution in [3.8, 4) is 0 Å². The minimum atomic E-state index is -0.180. The summed E-state index contributed by atoms with van der Waals surface area (Å²) in [6.45, 7) is 4.25. The number of benzene rings is 1. The number of hydrogen-bond acceptors (Lipinski definition) is 3. The zero-order valence-corrected chi connectivity index (χ0v) is 17.1. The van der Waals surface area contributed by atoms with Crippen LogP contribution in [0.4, 0.5) is 5.69 Å². The molecule has 6 atom stereocenters. The molecule has 2 bridgehead atoms. The molecule has 3 fully saturated rings. The minimum absolute atomic E-state index is 0.0587. The van der Waals surface area contributed by atoms with Gasteiger partial charge in [-0.25, -0.2) is 0 Å². The molecule has 1 saturated carbocycles. The molecule has 3 amide bonds. The van der Waals surface area contributed by atoms with Crippen LogP contribution in [0.1, 0.15) is 45.1 Å². The van der Waals surface area contributed by atoms with Gasteiger partial charge in [-0.2, -0.15) is 0 Å². The number of carbonyl (C=O) groups is 3. The van der Waals surface area contributed by atoms with Crippen molar-refractivity contribution >= 4 is 23.4 Å². The molecule has 4 aliphatic rings. The Morgan fingerprint density at radius 3 is 2.03 bits per heavy atom. The Morgan fingerprint density at radius 2 is 1.48 bits per heavy atom. The summed E-state index contributed by atoms with van der Waals surface area (Å²) in [7, 11) is 0. The van der Waals surface area contributed by atoms with Gasteiger partial charge in [0.25, 0.3) is 0 Å². The summed E-state index contributed by atoms with van der Waals surface area (Å²) in [5, 5.41) is 0. The van der Waals surface area contributed by atoms with Crippen molar-refractivity contribution in [1.82, 2.24) is 4.90 Å². The molecule has 5 heteroatoms. The highest BCUT2D eigenvalue weighted by molar-refractivity contribution is 6.22. The van der Waals surface area contributed by atoms with Crippen LogP contribution in [0.5, 0.6) is 0 Å². The Morgan fingerprint density at radius 1 is 0.931 bits per heavy atom. The van der Waals surface area contributed by atoms with Crippen LogP contribution in [-0.2, 0) is 20.8 Å². The maximum Gasteiger partial charge on any atom is 0.238 e. The number of anilines is 1. The predicted octanol–water partition coefficient (Wildman–Crippen LogP) is 3.33. The monoisotopic (exact) mass is 392 g/mol. The fourth-order valence-electron chi connectivity index (χ4n) is 6.10. The minimum Gasteiger partial charge on any atom is -0.337 e. The van der Waals surface area contributed by atoms with Crippen LogP contribution in [0, 0.1) is 23.7 Å². The number of amides is 3. The molecule has 1 aromatic carbocycles. The number of hydrogen-bond donors (Lipinski definition) is 0. The van der Waals surface area contributed by atoms with Crippen LogP contribution in [-0.4, -0.2) is 34.7 Å². The number of piperidine rings is 1. The molecule has 5 rings (SSSR count). The molecule has 152 valence electrons. The topological polar surface area (TPSA) is 57.7 Å². The first-order valence-electron chi connectivity index (χ1n) is 10.9. The lowest BCUT2D eigenvalue weighted by atomic mass is 9.85. The summed E-state index contributed by atoms with van der Waals surface area (Å²) in [5.74, 6) is 0.117. The highest BCUT2D eigenvalue weighted by Crippen LogP contribution is 2.53. The van der Waals surface area contributed by atoms with E-state index in [2.05, 4.69) is 26.0 Å². The molecule has 2 aliphatic carbocycles. The van der Waals surface area contributed by atoms with E-state index in [1.54, 1.807) is 0 Å². The number of rotatable bonds is 3. The maximum absolute atomic E-state index is 12.9. The van der Waals surface area contributed by atoms with E-state index >= 15 is 0 Å². The second kappa shape index (κ2) is 6.82. The van der Waals surface area contributed by atoms with Crippen molar-refractivity contribution in [2.75, 3.05) is 4.90 Å². The van der Waals surface area contributed by atoms with E-state index in [9.17, 15) is 14.4 Å². The fraction of sp³-hybridized carbons (Fsp3) is 0.542. The van der Waals surface area contributed by atoms with Crippen molar-refractivity contribution in [2.45, 2.75) is 58.0 Å². The van der Waals surface area contributed by atoms with Gasteiger partial charge in [-0.3, -0.25) is 19.3 Å². The molecular formula is C24H28N2O3. The third kappa shape index (κ3) is 2.85. The van der Waals surface area contributed by atoms with E-state index < -0.39 is 0 Å². The summed E-state index contributed by atoms with van der Waals surface area (Å²) in [6.07, 6.45) is 8.82. The maximum atomic E-state index is 12.9. The average Bonchev–Trinajstić information content (AvgIpc) is 3.36. The Hall–Kier alpha value is -2.43. The second-order valence-electron chi connectivity index (χ2n) is 9.28. The quantitative estimate of drug-likeness (QED) is 0.586. The summed E-state index contributed by atoms with van der Waals surface area (Å²) in [4.78, 5) is 42.1. The first-order chi connectivity index (χ1) is 14.0. The normalized spacial score (nSPS) is 35.5. The third-order valence-electron chi connectivity index (χ3n) is 7.50.